The van der Waals surface area contributed by atoms with E-state index in [0.717, 1.165) is 25.9 Å². The Balaban J connectivity index is 2.48. The van der Waals surface area contributed by atoms with Crippen LogP contribution in [-0.4, -0.2) is 44.9 Å². The second kappa shape index (κ2) is 9.86. The number of unbranched alkanes of at least 4 members (excludes halogenated alkanes) is 4. The van der Waals surface area contributed by atoms with Gasteiger partial charge >= 0.3 is 0 Å². The van der Waals surface area contributed by atoms with E-state index in [1.54, 1.807) is 14.2 Å². The number of rotatable bonds is 14. The molecule has 22 heavy (non-hydrogen) atoms. The average Bonchev–Trinajstić information content (AvgIpc) is 3.25. The molecular formula is C18H36O4. The maximum Gasteiger partial charge on any atom is 0.196 e. The van der Waals surface area contributed by atoms with E-state index in [9.17, 15) is 0 Å². The largest absolute Gasteiger partial charge is 0.381 e. The number of epoxide rings is 1. The van der Waals surface area contributed by atoms with E-state index < -0.39 is 5.79 Å². The Kier molecular flexibility index (Phi) is 8.91. The van der Waals surface area contributed by atoms with Gasteiger partial charge in [0.25, 0.3) is 0 Å². The van der Waals surface area contributed by atoms with E-state index >= 15 is 0 Å². The summed E-state index contributed by atoms with van der Waals surface area (Å²) in [6.45, 7) is 7.84. The van der Waals surface area contributed by atoms with Crippen LogP contribution in [0.5, 0.6) is 0 Å². The Bertz CT molecular complexity index is 291. The van der Waals surface area contributed by atoms with Crippen LogP contribution in [0, 0.1) is 0 Å². The Morgan fingerprint density at radius 1 is 0.955 bits per heavy atom. The van der Waals surface area contributed by atoms with Crippen LogP contribution in [0.2, 0.25) is 0 Å². The van der Waals surface area contributed by atoms with E-state index in [0.29, 0.717) is 6.61 Å². The monoisotopic (exact) mass is 316 g/mol. The van der Waals surface area contributed by atoms with Crippen LogP contribution in [0.4, 0.5) is 0 Å². The maximum absolute atomic E-state index is 6.11. The van der Waals surface area contributed by atoms with Crippen LogP contribution in [0.1, 0.15) is 72.1 Å². The first-order chi connectivity index (χ1) is 10.6. The first kappa shape index (κ1) is 19.9. The first-order valence-electron chi connectivity index (χ1n) is 8.96. The third-order valence-electron chi connectivity index (χ3n) is 4.90. The Morgan fingerprint density at radius 2 is 1.64 bits per heavy atom. The van der Waals surface area contributed by atoms with Gasteiger partial charge in [-0.3, -0.25) is 0 Å². The van der Waals surface area contributed by atoms with Crippen molar-refractivity contribution in [3.05, 3.63) is 0 Å². The van der Waals surface area contributed by atoms with Gasteiger partial charge in [0.05, 0.1) is 6.10 Å². The van der Waals surface area contributed by atoms with Crippen molar-refractivity contribution in [1.82, 2.24) is 0 Å². The molecular weight excluding hydrogens is 280 g/mol. The molecule has 1 aliphatic heterocycles. The van der Waals surface area contributed by atoms with Gasteiger partial charge < -0.3 is 18.9 Å². The number of hydrogen-bond donors (Lipinski definition) is 0. The van der Waals surface area contributed by atoms with Crippen molar-refractivity contribution in [2.24, 2.45) is 0 Å². The van der Waals surface area contributed by atoms with Crippen molar-refractivity contribution in [3.63, 3.8) is 0 Å². The van der Waals surface area contributed by atoms with Gasteiger partial charge in [0.1, 0.15) is 0 Å². The second-order valence-electron chi connectivity index (χ2n) is 6.42. The van der Waals surface area contributed by atoms with Crippen LogP contribution in [0.15, 0.2) is 0 Å². The van der Waals surface area contributed by atoms with Crippen molar-refractivity contribution in [2.75, 3.05) is 27.4 Å². The molecule has 2 unspecified atom stereocenters. The molecule has 1 rings (SSSR count). The van der Waals surface area contributed by atoms with Gasteiger partial charge in [0.15, 0.2) is 11.4 Å². The molecule has 0 radical (unpaired) electrons. The number of ether oxygens (including phenoxy) is 4. The Morgan fingerprint density at radius 3 is 2.23 bits per heavy atom. The molecule has 1 saturated heterocycles. The van der Waals surface area contributed by atoms with Gasteiger partial charge in [-0.05, 0) is 19.8 Å². The van der Waals surface area contributed by atoms with Gasteiger partial charge in [-0.1, -0.05) is 46.0 Å². The zero-order chi connectivity index (χ0) is 16.5. The highest BCUT2D eigenvalue weighted by atomic mass is 16.7. The summed E-state index contributed by atoms with van der Waals surface area (Å²) < 4.78 is 23.1. The second-order valence-corrected chi connectivity index (χ2v) is 6.42. The van der Waals surface area contributed by atoms with Crippen molar-refractivity contribution < 1.29 is 18.9 Å². The highest BCUT2D eigenvalue weighted by molar-refractivity contribution is 5.11. The maximum atomic E-state index is 6.11. The molecule has 0 bridgehead atoms. The van der Waals surface area contributed by atoms with Crippen LogP contribution >= 0.6 is 0 Å². The van der Waals surface area contributed by atoms with Gasteiger partial charge in [-0.25, -0.2) is 0 Å². The normalized spacial score (nSPS) is 24.7. The molecule has 4 heteroatoms. The minimum Gasteiger partial charge on any atom is -0.381 e. The third kappa shape index (κ3) is 4.92. The molecule has 0 aromatic heterocycles. The summed E-state index contributed by atoms with van der Waals surface area (Å²) >= 11 is 0. The molecule has 4 nitrogen and oxygen atoms in total. The molecule has 2 atom stereocenters. The fourth-order valence-electron chi connectivity index (χ4n) is 3.19. The van der Waals surface area contributed by atoms with Gasteiger partial charge in [0.2, 0.25) is 0 Å². The lowest BCUT2D eigenvalue weighted by molar-refractivity contribution is -0.236. The van der Waals surface area contributed by atoms with E-state index in [2.05, 4.69) is 13.8 Å². The van der Waals surface area contributed by atoms with E-state index in [1.165, 1.54) is 32.1 Å². The molecule has 1 fully saturated rings. The van der Waals surface area contributed by atoms with Crippen LogP contribution in [0.3, 0.4) is 0 Å². The summed E-state index contributed by atoms with van der Waals surface area (Å²) in [5.41, 5.74) is -0.352. The van der Waals surface area contributed by atoms with Crippen molar-refractivity contribution in [2.45, 2.75) is 89.6 Å². The fraction of sp³-hybridized carbons (Fsp3) is 1.00. The predicted molar refractivity (Wildman–Crippen MR) is 89.1 cm³/mol. The molecule has 0 saturated carbocycles. The zero-order valence-electron chi connectivity index (χ0n) is 15.3. The lowest BCUT2D eigenvalue weighted by atomic mass is 9.89. The number of hydrogen-bond acceptors (Lipinski definition) is 4. The van der Waals surface area contributed by atoms with Crippen LogP contribution in [-0.2, 0) is 18.9 Å². The SMILES string of the molecule is CCCCCCCC1OC1(CCOCCC)C(C)(OC)OC. The summed E-state index contributed by atoms with van der Waals surface area (Å²) in [7, 11) is 3.39. The highest BCUT2D eigenvalue weighted by Gasteiger charge is 2.67. The fourth-order valence-corrected chi connectivity index (χ4v) is 3.19. The average molecular weight is 316 g/mol. The lowest BCUT2D eigenvalue weighted by Gasteiger charge is -2.33. The smallest absolute Gasteiger partial charge is 0.196 e. The van der Waals surface area contributed by atoms with Crippen LogP contribution < -0.4 is 0 Å². The molecule has 0 amide bonds. The molecule has 1 aliphatic rings. The number of methoxy groups -OCH3 is 2. The summed E-state index contributed by atoms with van der Waals surface area (Å²) in [6, 6.07) is 0. The predicted octanol–water partition coefficient (Wildman–Crippen LogP) is 4.31. The van der Waals surface area contributed by atoms with E-state index in [4.69, 9.17) is 18.9 Å². The Labute approximate surface area is 136 Å². The van der Waals surface area contributed by atoms with Crippen molar-refractivity contribution in [3.8, 4) is 0 Å². The van der Waals surface area contributed by atoms with Gasteiger partial charge in [-0.2, -0.15) is 0 Å². The summed E-state index contributed by atoms with van der Waals surface area (Å²) in [5.74, 6) is -0.698. The summed E-state index contributed by atoms with van der Waals surface area (Å²) in [4.78, 5) is 0. The summed E-state index contributed by atoms with van der Waals surface area (Å²) in [5, 5.41) is 0. The molecule has 0 aromatic rings. The molecule has 132 valence electrons. The Hall–Kier alpha value is -0.160. The van der Waals surface area contributed by atoms with Gasteiger partial charge in [-0.15, -0.1) is 0 Å². The van der Waals surface area contributed by atoms with Crippen molar-refractivity contribution >= 4 is 0 Å². The molecule has 0 N–H and O–H groups in total. The minimum atomic E-state index is -0.698. The molecule has 0 aromatic carbocycles. The van der Waals surface area contributed by atoms with E-state index in [-0.39, 0.29) is 11.7 Å². The van der Waals surface area contributed by atoms with Crippen molar-refractivity contribution in [1.29, 1.82) is 0 Å². The zero-order valence-corrected chi connectivity index (χ0v) is 15.3. The minimum absolute atomic E-state index is 0.226. The van der Waals surface area contributed by atoms with Crippen LogP contribution in [0.25, 0.3) is 0 Å². The van der Waals surface area contributed by atoms with Gasteiger partial charge in [0, 0.05) is 33.9 Å². The summed E-state index contributed by atoms with van der Waals surface area (Å²) in [6.07, 6.45) is 9.61. The highest BCUT2D eigenvalue weighted by Crippen LogP contribution is 2.52. The topological polar surface area (TPSA) is 40.2 Å². The standard InChI is InChI=1S/C18H36O4/c1-6-8-9-10-11-12-16-18(22-16,13-15-21-14-7-2)17(3,19-4)20-5/h16H,6-15H2,1-5H3. The lowest BCUT2D eigenvalue weighted by Crippen LogP contribution is -2.48. The molecule has 0 aliphatic carbocycles. The first-order valence-corrected chi connectivity index (χ1v) is 8.96. The third-order valence-corrected chi connectivity index (χ3v) is 4.90. The molecule has 1 heterocycles. The van der Waals surface area contributed by atoms with E-state index in [1.807, 2.05) is 6.92 Å². The molecule has 0 spiro atoms. The quantitative estimate of drug-likeness (QED) is 0.272.